The first kappa shape index (κ1) is 13.2. The summed E-state index contributed by atoms with van der Waals surface area (Å²) < 4.78 is 31.1. The Morgan fingerprint density at radius 2 is 1.76 bits per heavy atom. The van der Waals surface area contributed by atoms with E-state index in [1.54, 1.807) is 6.08 Å². The highest BCUT2D eigenvalue weighted by atomic mass is 19.2. The van der Waals surface area contributed by atoms with E-state index < -0.39 is 17.6 Å². The maximum absolute atomic E-state index is 13.2. The summed E-state index contributed by atoms with van der Waals surface area (Å²) in [7, 11) is 0. The predicted octanol–water partition coefficient (Wildman–Crippen LogP) is 3.31. The van der Waals surface area contributed by atoms with Crippen molar-refractivity contribution in [3.05, 3.63) is 77.0 Å². The monoisotopic (exact) mass is 285 g/mol. The average Bonchev–Trinajstić information content (AvgIpc) is 2.84. The molecule has 0 unspecified atom stereocenters. The van der Waals surface area contributed by atoms with Crippen molar-refractivity contribution < 1.29 is 18.3 Å². The first-order chi connectivity index (χ1) is 10.1. The van der Waals surface area contributed by atoms with Crippen molar-refractivity contribution in [3.63, 3.8) is 0 Å². The highest BCUT2D eigenvalue weighted by Gasteiger charge is 2.24. The van der Waals surface area contributed by atoms with Crippen LogP contribution in [-0.2, 0) is 9.53 Å². The number of carbonyl (C=O) groups excluding carboxylic acids is 1. The van der Waals surface area contributed by atoms with Gasteiger partial charge in [-0.25, -0.2) is 18.6 Å². The fourth-order valence-electron chi connectivity index (χ4n) is 1.87. The third-order valence-corrected chi connectivity index (χ3v) is 2.89. The van der Waals surface area contributed by atoms with Gasteiger partial charge in [-0.05, 0) is 29.8 Å². The van der Waals surface area contributed by atoms with E-state index in [-0.39, 0.29) is 17.2 Å². The van der Waals surface area contributed by atoms with E-state index in [0.717, 1.165) is 17.7 Å². The van der Waals surface area contributed by atoms with E-state index in [1.165, 1.54) is 6.07 Å². The Bertz CT molecular complexity index is 767. The fraction of sp³-hybridized carbons (Fsp3) is 0. The third-order valence-electron chi connectivity index (χ3n) is 2.89. The minimum absolute atomic E-state index is 0.0407. The molecule has 0 atom stereocenters. The molecule has 0 saturated carbocycles. The second-order valence-corrected chi connectivity index (χ2v) is 4.38. The van der Waals surface area contributed by atoms with Gasteiger partial charge in [0.2, 0.25) is 5.90 Å². The zero-order valence-corrected chi connectivity index (χ0v) is 10.7. The SMILES string of the molecule is O=C1OC(c2ccc(F)c(F)c2)=N/C1=C/c1ccccc1. The van der Waals surface area contributed by atoms with Gasteiger partial charge >= 0.3 is 5.97 Å². The fourth-order valence-corrected chi connectivity index (χ4v) is 1.87. The van der Waals surface area contributed by atoms with Gasteiger partial charge in [0, 0.05) is 5.56 Å². The van der Waals surface area contributed by atoms with Crippen molar-refractivity contribution in [1.29, 1.82) is 0 Å². The summed E-state index contributed by atoms with van der Waals surface area (Å²) in [6.07, 6.45) is 1.56. The van der Waals surface area contributed by atoms with Crippen LogP contribution in [0.15, 0.2) is 59.2 Å². The molecule has 3 nitrogen and oxygen atoms in total. The molecule has 0 saturated heterocycles. The number of esters is 1. The molecular formula is C16H9F2NO2. The molecule has 0 radical (unpaired) electrons. The Balaban J connectivity index is 1.95. The number of hydrogen-bond acceptors (Lipinski definition) is 3. The molecule has 3 rings (SSSR count). The molecule has 0 aliphatic carbocycles. The first-order valence-electron chi connectivity index (χ1n) is 6.16. The molecule has 0 bridgehead atoms. The summed E-state index contributed by atoms with van der Waals surface area (Å²) in [5.41, 5.74) is 1.11. The molecule has 1 aliphatic heterocycles. The van der Waals surface area contributed by atoms with Crippen LogP contribution in [0.25, 0.3) is 6.08 Å². The molecule has 2 aromatic carbocycles. The van der Waals surface area contributed by atoms with Crippen molar-refractivity contribution >= 4 is 17.9 Å². The predicted molar refractivity (Wildman–Crippen MR) is 73.4 cm³/mol. The van der Waals surface area contributed by atoms with Gasteiger partial charge in [-0.15, -0.1) is 0 Å². The lowest BCUT2D eigenvalue weighted by Gasteiger charge is -1.99. The number of rotatable bonds is 2. The van der Waals surface area contributed by atoms with E-state index in [0.29, 0.717) is 0 Å². The van der Waals surface area contributed by atoms with Crippen molar-refractivity contribution in [2.24, 2.45) is 4.99 Å². The molecule has 1 heterocycles. The minimum atomic E-state index is -1.02. The summed E-state index contributed by atoms with van der Waals surface area (Å²) in [5, 5.41) is 0. The van der Waals surface area contributed by atoms with E-state index in [2.05, 4.69) is 4.99 Å². The van der Waals surface area contributed by atoms with Crippen molar-refractivity contribution in [2.75, 3.05) is 0 Å². The average molecular weight is 285 g/mol. The summed E-state index contributed by atoms with van der Waals surface area (Å²) in [4.78, 5) is 15.8. The van der Waals surface area contributed by atoms with Gasteiger partial charge in [0.15, 0.2) is 17.3 Å². The van der Waals surface area contributed by atoms with Crippen LogP contribution in [0.3, 0.4) is 0 Å². The standard InChI is InChI=1S/C16H9F2NO2/c17-12-7-6-11(9-13(12)18)15-19-14(16(20)21-15)8-10-4-2-1-3-5-10/h1-9H/b14-8+. The number of ether oxygens (including phenoxy) is 1. The Kier molecular flexibility index (Phi) is 3.31. The molecule has 2 aromatic rings. The van der Waals surface area contributed by atoms with Gasteiger partial charge in [-0.3, -0.25) is 0 Å². The summed E-state index contributed by atoms with van der Waals surface area (Å²) in [6.45, 7) is 0. The second-order valence-electron chi connectivity index (χ2n) is 4.38. The number of cyclic esters (lactones) is 1. The summed E-state index contributed by atoms with van der Waals surface area (Å²) in [5.74, 6) is -2.66. The number of carbonyl (C=O) groups is 1. The van der Waals surface area contributed by atoms with Crippen LogP contribution in [-0.4, -0.2) is 11.9 Å². The van der Waals surface area contributed by atoms with Crippen LogP contribution in [0.2, 0.25) is 0 Å². The van der Waals surface area contributed by atoms with Gasteiger partial charge in [-0.2, -0.15) is 0 Å². The molecule has 5 heteroatoms. The lowest BCUT2D eigenvalue weighted by molar-refractivity contribution is -0.129. The maximum atomic E-state index is 13.2. The van der Waals surface area contributed by atoms with Crippen LogP contribution in [0.1, 0.15) is 11.1 Å². The number of nitrogens with zero attached hydrogens (tertiary/aromatic N) is 1. The second kappa shape index (κ2) is 5.28. The molecule has 0 aromatic heterocycles. The van der Waals surface area contributed by atoms with Crippen LogP contribution in [0, 0.1) is 11.6 Å². The number of benzene rings is 2. The molecule has 0 fully saturated rings. The highest BCUT2D eigenvalue weighted by Crippen LogP contribution is 2.20. The quantitative estimate of drug-likeness (QED) is 0.627. The Morgan fingerprint density at radius 1 is 1.00 bits per heavy atom. The molecule has 1 aliphatic rings. The Morgan fingerprint density at radius 3 is 2.48 bits per heavy atom. The van der Waals surface area contributed by atoms with Gasteiger partial charge < -0.3 is 4.74 Å². The van der Waals surface area contributed by atoms with Crippen molar-refractivity contribution in [2.45, 2.75) is 0 Å². The van der Waals surface area contributed by atoms with Gasteiger partial charge in [-0.1, -0.05) is 30.3 Å². The molecule has 21 heavy (non-hydrogen) atoms. The Hall–Kier alpha value is -2.82. The van der Waals surface area contributed by atoms with Crippen molar-refractivity contribution in [3.8, 4) is 0 Å². The zero-order valence-electron chi connectivity index (χ0n) is 10.7. The minimum Gasteiger partial charge on any atom is -0.402 e. The Labute approximate surface area is 119 Å². The lowest BCUT2D eigenvalue weighted by Crippen LogP contribution is -2.06. The molecule has 0 N–H and O–H groups in total. The van der Waals surface area contributed by atoms with E-state index in [4.69, 9.17) is 4.74 Å². The molecule has 0 spiro atoms. The van der Waals surface area contributed by atoms with Crippen molar-refractivity contribution in [1.82, 2.24) is 0 Å². The van der Waals surface area contributed by atoms with E-state index in [9.17, 15) is 13.6 Å². The highest BCUT2D eigenvalue weighted by molar-refractivity contribution is 6.12. The smallest absolute Gasteiger partial charge is 0.363 e. The van der Waals surface area contributed by atoms with Crippen LogP contribution >= 0.6 is 0 Å². The molecule has 0 amide bonds. The number of hydrogen-bond donors (Lipinski definition) is 0. The molecule has 104 valence electrons. The zero-order chi connectivity index (χ0) is 14.8. The number of halogens is 2. The normalized spacial score (nSPS) is 16.0. The largest absolute Gasteiger partial charge is 0.402 e. The van der Waals surface area contributed by atoms with E-state index in [1.807, 2.05) is 30.3 Å². The van der Waals surface area contributed by atoms with Crippen LogP contribution in [0.5, 0.6) is 0 Å². The topological polar surface area (TPSA) is 38.7 Å². The van der Waals surface area contributed by atoms with Crippen LogP contribution in [0.4, 0.5) is 8.78 Å². The summed E-state index contributed by atoms with van der Waals surface area (Å²) >= 11 is 0. The summed E-state index contributed by atoms with van der Waals surface area (Å²) in [6, 6.07) is 12.3. The van der Waals surface area contributed by atoms with Gasteiger partial charge in [0.05, 0.1) is 0 Å². The van der Waals surface area contributed by atoms with Crippen LogP contribution < -0.4 is 0 Å². The number of aliphatic imine (C=N–C) groups is 1. The van der Waals surface area contributed by atoms with Gasteiger partial charge in [0.1, 0.15) is 0 Å². The molecular weight excluding hydrogens is 276 g/mol. The third kappa shape index (κ3) is 2.72. The first-order valence-corrected chi connectivity index (χ1v) is 6.16. The van der Waals surface area contributed by atoms with E-state index >= 15 is 0 Å². The van der Waals surface area contributed by atoms with Gasteiger partial charge in [0.25, 0.3) is 0 Å². The maximum Gasteiger partial charge on any atom is 0.363 e. The lowest BCUT2D eigenvalue weighted by atomic mass is 10.2.